The number of hydrogen-bond donors (Lipinski definition) is 2. The predicted molar refractivity (Wildman–Crippen MR) is 58.3 cm³/mol. The van der Waals surface area contributed by atoms with Crippen molar-refractivity contribution in [3.05, 3.63) is 0 Å². The average molecular weight is 198 g/mol. The van der Waals surface area contributed by atoms with Crippen LogP contribution in [0.3, 0.4) is 0 Å². The Morgan fingerprint density at radius 1 is 1.50 bits per heavy atom. The number of hydrogen-bond acceptors (Lipinski definition) is 1. The maximum absolute atomic E-state index is 11.4. The summed E-state index contributed by atoms with van der Waals surface area (Å²) in [5.74, 6) is 0. The number of carbonyl (C=O) groups is 1. The summed E-state index contributed by atoms with van der Waals surface area (Å²) >= 11 is 0. The molecule has 0 aromatic carbocycles. The van der Waals surface area contributed by atoms with Gasteiger partial charge < -0.3 is 10.6 Å². The number of amides is 2. The van der Waals surface area contributed by atoms with Gasteiger partial charge in [0.1, 0.15) is 0 Å². The Morgan fingerprint density at radius 2 is 2.21 bits per heavy atom. The van der Waals surface area contributed by atoms with Crippen LogP contribution in [0.25, 0.3) is 0 Å². The first-order valence-corrected chi connectivity index (χ1v) is 5.79. The largest absolute Gasteiger partial charge is 0.336 e. The van der Waals surface area contributed by atoms with Crippen molar-refractivity contribution in [2.24, 2.45) is 0 Å². The van der Waals surface area contributed by atoms with E-state index >= 15 is 0 Å². The number of urea groups is 1. The highest BCUT2D eigenvalue weighted by Gasteiger charge is 2.19. The Bertz CT molecular complexity index is 178. The summed E-state index contributed by atoms with van der Waals surface area (Å²) in [5, 5.41) is 5.94. The van der Waals surface area contributed by atoms with Gasteiger partial charge in [-0.2, -0.15) is 0 Å². The molecule has 1 unspecified atom stereocenters. The first-order chi connectivity index (χ1) is 6.72. The zero-order valence-electron chi connectivity index (χ0n) is 9.31. The van der Waals surface area contributed by atoms with Crippen molar-refractivity contribution < 1.29 is 4.79 Å². The van der Waals surface area contributed by atoms with Gasteiger partial charge in [0.2, 0.25) is 0 Å². The molecule has 2 N–H and O–H groups in total. The Morgan fingerprint density at radius 3 is 2.71 bits per heavy atom. The monoisotopic (exact) mass is 198 g/mol. The van der Waals surface area contributed by atoms with E-state index in [4.69, 9.17) is 0 Å². The van der Waals surface area contributed by atoms with Crippen LogP contribution in [-0.4, -0.2) is 18.1 Å². The molecule has 1 aliphatic rings. The Kier molecular flexibility index (Phi) is 4.77. The van der Waals surface area contributed by atoms with Gasteiger partial charge in [-0.3, -0.25) is 0 Å². The molecule has 0 radical (unpaired) electrons. The summed E-state index contributed by atoms with van der Waals surface area (Å²) in [6, 6.07) is 0.752. The van der Waals surface area contributed by atoms with E-state index < -0.39 is 0 Å². The van der Waals surface area contributed by atoms with Crippen LogP contribution in [-0.2, 0) is 0 Å². The van der Waals surface area contributed by atoms with Crippen LogP contribution in [0.5, 0.6) is 0 Å². The molecule has 14 heavy (non-hydrogen) atoms. The number of nitrogens with one attached hydrogen (secondary N) is 2. The highest BCUT2D eigenvalue weighted by Crippen LogP contribution is 2.17. The van der Waals surface area contributed by atoms with E-state index in [1.807, 2.05) is 0 Å². The Hall–Kier alpha value is -0.730. The minimum Gasteiger partial charge on any atom is -0.336 e. The van der Waals surface area contributed by atoms with Gasteiger partial charge in [0.05, 0.1) is 0 Å². The van der Waals surface area contributed by atoms with Crippen molar-refractivity contribution in [3.63, 3.8) is 0 Å². The van der Waals surface area contributed by atoms with Crippen molar-refractivity contribution in [3.8, 4) is 0 Å². The van der Waals surface area contributed by atoms with E-state index in [9.17, 15) is 4.79 Å². The molecule has 82 valence electrons. The summed E-state index contributed by atoms with van der Waals surface area (Å²) in [6.45, 7) is 4.23. The van der Waals surface area contributed by atoms with Crippen molar-refractivity contribution in [1.29, 1.82) is 0 Å². The molecule has 1 saturated carbocycles. The number of rotatable bonds is 5. The summed E-state index contributed by atoms with van der Waals surface area (Å²) in [6.07, 6.45) is 7.01. The molecule has 3 heteroatoms. The predicted octanol–water partition coefficient (Wildman–Crippen LogP) is 2.42. The third-order valence-electron chi connectivity index (χ3n) is 2.81. The zero-order valence-corrected chi connectivity index (χ0v) is 9.31. The maximum atomic E-state index is 11.4. The lowest BCUT2D eigenvalue weighted by Gasteiger charge is -2.27. The molecule has 1 fully saturated rings. The number of unbranched alkanes of at least 4 members (excludes halogenated alkanes) is 1. The summed E-state index contributed by atoms with van der Waals surface area (Å²) < 4.78 is 0. The van der Waals surface area contributed by atoms with Gasteiger partial charge in [0.25, 0.3) is 0 Å². The fourth-order valence-electron chi connectivity index (χ4n) is 1.59. The van der Waals surface area contributed by atoms with E-state index in [1.54, 1.807) is 0 Å². The second-order valence-corrected chi connectivity index (χ2v) is 4.29. The van der Waals surface area contributed by atoms with E-state index in [2.05, 4.69) is 24.5 Å². The lowest BCUT2D eigenvalue weighted by atomic mass is 9.93. The fraction of sp³-hybridized carbons (Fsp3) is 0.909. The van der Waals surface area contributed by atoms with Crippen LogP contribution in [0.4, 0.5) is 4.79 Å². The van der Waals surface area contributed by atoms with E-state index in [1.165, 1.54) is 19.3 Å². The second-order valence-electron chi connectivity index (χ2n) is 4.29. The van der Waals surface area contributed by atoms with Gasteiger partial charge >= 0.3 is 6.03 Å². The third-order valence-corrected chi connectivity index (χ3v) is 2.81. The summed E-state index contributed by atoms with van der Waals surface area (Å²) in [5.41, 5.74) is 0. The van der Waals surface area contributed by atoms with Gasteiger partial charge in [-0.1, -0.05) is 19.8 Å². The third kappa shape index (κ3) is 3.99. The molecule has 1 aliphatic carbocycles. The first-order valence-electron chi connectivity index (χ1n) is 5.79. The van der Waals surface area contributed by atoms with E-state index in [-0.39, 0.29) is 6.03 Å². The minimum atomic E-state index is 0.0123. The smallest absolute Gasteiger partial charge is 0.315 e. The van der Waals surface area contributed by atoms with Gasteiger partial charge in [-0.25, -0.2) is 4.79 Å². The normalized spacial score (nSPS) is 18.4. The topological polar surface area (TPSA) is 41.1 Å². The molecule has 3 nitrogen and oxygen atoms in total. The molecule has 1 rings (SSSR count). The molecule has 0 aliphatic heterocycles. The maximum Gasteiger partial charge on any atom is 0.315 e. The van der Waals surface area contributed by atoms with Crippen molar-refractivity contribution in [2.45, 2.75) is 64.5 Å². The average Bonchev–Trinajstić information content (AvgIpc) is 2.08. The van der Waals surface area contributed by atoms with Crippen LogP contribution in [0.2, 0.25) is 0 Å². The van der Waals surface area contributed by atoms with Crippen molar-refractivity contribution in [2.75, 3.05) is 0 Å². The molecule has 0 aromatic heterocycles. The van der Waals surface area contributed by atoms with Crippen LogP contribution >= 0.6 is 0 Å². The molecule has 1 atom stereocenters. The molecule has 0 spiro atoms. The summed E-state index contributed by atoms with van der Waals surface area (Å²) in [4.78, 5) is 11.4. The molecule has 0 bridgehead atoms. The first kappa shape index (κ1) is 11.3. The lowest BCUT2D eigenvalue weighted by Crippen LogP contribution is -2.47. The van der Waals surface area contributed by atoms with Gasteiger partial charge in [-0.05, 0) is 32.6 Å². The SMILES string of the molecule is CCCCC(C)NC(=O)NC1CCC1. The fourth-order valence-corrected chi connectivity index (χ4v) is 1.59. The highest BCUT2D eigenvalue weighted by molar-refractivity contribution is 5.74. The molecule has 0 saturated heterocycles. The van der Waals surface area contributed by atoms with Crippen LogP contribution in [0, 0.1) is 0 Å². The van der Waals surface area contributed by atoms with Gasteiger partial charge in [-0.15, -0.1) is 0 Å². The summed E-state index contributed by atoms with van der Waals surface area (Å²) in [7, 11) is 0. The Labute approximate surface area is 86.6 Å². The second kappa shape index (κ2) is 5.89. The highest BCUT2D eigenvalue weighted by atomic mass is 16.2. The zero-order chi connectivity index (χ0) is 10.4. The van der Waals surface area contributed by atoms with Crippen molar-refractivity contribution in [1.82, 2.24) is 10.6 Å². The lowest BCUT2D eigenvalue weighted by molar-refractivity contribution is 0.224. The molecule has 2 amide bonds. The van der Waals surface area contributed by atoms with Gasteiger partial charge in [0.15, 0.2) is 0 Å². The van der Waals surface area contributed by atoms with Crippen LogP contribution in [0.1, 0.15) is 52.4 Å². The van der Waals surface area contributed by atoms with Crippen LogP contribution < -0.4 is 10.6 Å². The molecule has 0 aromatic rings. The Balaban J connectivity index is 2.05. The molecular formula is C11H22N2O. The van der Waals surface area contributed by atoms with E-state index in [0.29, 0.717) is 12.1 Å². The van der Waals surface area contributed by atoms with E-state index in [0.717, 1.165) is 19.3 Å². The van der Waals surface area contributed by atoms with Crippen molar-refractivity contribution >= 4 is 6.03 Å². The van der Waals surface area contributed by atoms with Gasteiger partial charge in [0, 0.05) is 12.1 Å². The molecule has 0 heterocycles. The van der Waals surface area contributed by atoms with Crippen LogP contribution in [0.15, 0.2) is 0 Å². The standard InChI is InChI=1S/C11H22N2O/c1-3-4-6-9(2)12-11(14)13-10-7-5-8-10/h9-10H,3-8H2,1-2H3,(H2,12,13,14). The minimum absolute atomic E-state index is 0.0123. The molecular weight excluding hydrogens is 176 g/mol. The number of carbonyl (C=O) groups excluding carboxylic acids is 1. The quantitative estimate of drug-likeness (QED) is 0.700.